The first-order chi connectivity index (χ1) is 10.2. The summed E-state index contributed by atoms with van der Waals surface area (Å²) in [6.45, 7) is 2.64. The molecule has 0 spiro atoms. The Morgan fingerprint density at radius 3 is 2.62 bits per heavy atom. The van der Waals surface area contributed by atoms with Gasteiger partial charge in [0.1, 0.15) is 12.4 Å². The summed E-state index contributed by atoms with van der Waals surface area (Å²) < 4.78 is 7.54. The van der Waals surface area contributed by atoms with Gasteiger partial charge in [-0.25, -0.2) is 4.98 Å². The second kappa shape index (κ2) is 5.78. The standard InChI is InChI=1S/C17H17ClN2O/c1-12-15(7-8-16-17(12)19-11-20(16)2)13-3-5-14(6-4-13)21-10-9-18/h3-8,11H,9-10H2,1-2H3. The van der Waals surface area contributed by atoms with Gasteiger partial charge in [0.25, 0.3) is 0 Å². The normalized spacial score (nSPS) is 11.0. The summed E-state index contributed by atoms with van der Waals surface area (Å²) in [5.41, 5.74) is 5.77. The third-order valence-corrected chi connectivity index (χ3v) is 3.82. The van der Waals surface area contributed by atoms with Crippen molar-refractivity contribution in [2.75, 3.05) is 12.5 Å². The molecule has 0 atom stereocenters. The number of nitrogens with zero attached hydrogens (tertiary/aromatic N) is 2. The molecule has 2 aromatic carbocycles. The number of fused-ring (bicyclic) bond motifs is 1. The van der Waals surface area contributed by atoms with Crippen LogP contribution in [0.25, 0.3) is 22.2 Å². The number of rotatable bonds is 4. The van der Waals surface area contributed by atoms with Crippen LogP contribution in [-0.2, 0) is 7.05 Å². The predicted octanol–water partition coefficient (Wildman–Crippen LogP) is 4.17. The van der Waals surface area contributed by atoms with Crippen LogP contribution in [0, 0.1) is 6.92 Å². The fraction of sp³-hybridized carbons (Fsp3) is 0.235. The number of alkyl halides is 1. The number of hydrogen-bond acceptors (Lipinski definition) is 2. The largest absolute Gasteiger partial charge is 0.492 e. The number of hydrogen-bond donors (Lipinski definition) is 0. The van der Waals surface area contributed by atoms with Crippen molar-refractivity contribution in [2.24, 2.45) is 7.05 Å². The van der Waals surface area contributed by atoms with Gasteiger partial charge < -0.3 is 9.30 Å². The van der Waals surface area contributed by atoms with Gasteiger partial charge in [-0.05, 0) is 41.8 Å². The highest BCUT2D eigenvalue weighted by Crippen LogP contribution is 2.29. The van der Waals surface area contributed by atoms with Gasteiger partial charge in [0.2, 0.25) is 0 Å². The molecular weight excluding hydrogens is 284 g/mol. The van der Waals surface area contributed by atoms with Crippen LogP contribution in [0.5, 0.6) is 5.75 Å². The Kier molecular flexibility index (Phi) is 3.84. The highest BCUT2D eigenvalue weighted by molar-refractivity contribution is 6.18. The summed E-state index contributed by atoms with van der Waals surface area (Å²) in [6, 6.07) is 12.4. The van der Waals surface area contributed by atoms with Crippen molar-refractivity contribution < 1.29 is 4.74 Å². The second-order valence-corrected chi connectivity index (χ2v) is 5.40. The van der Waals surface area contributed by atoms with Crippen LogP contribution < -0.4 is 4.74 Å². The fourth-order valence-electron chi connectivity index (χ4n) is 2.54. The van der Waals surface area contributed by atoms with Crippen LogP contribution in [0.15, 0.2) is 42.7 Å². The van der Waals surface area contributed by atoms with Crippen molar-refractivity contribution in [3.8, 4) is 16.9 Å². The highest BCUT2D eigenvalue weighted by atomic mass is 35.5. The first-order valence-electron chi connectivity index (χ1n) is 6.90. The smallest absolute Gasteiger partial charge is 0.119 e. The molecule has 0 fully saturated rings. The maximum absolute atomic E-state index is 5.62. The minimum Gasteiger partial charge on any atom is -0.492 e. The minimum absolute atomic E-state index is 0.497. The van der Waals surface area contributed by atoms with Crippen LogP contribution in [0.1, 0.15) is 5.56 Å². The van der Waals surface area contributed by atoms with Gasteiger partial charge in [-0.1, -0.05) is 18.2 Å². The van der Waals surface area contributed by atoms with Crippen LogP contribution in [0.2, 0.25) is 0 Å². The molecule has 0 unspecified atom stereocenters. The summed E-state index contributed by atoms with van der Waals surface area (Å²) in [5, 5.41) is 0. The third kappa shape index (κ3) is 2.61. The molecule has 108 valence electrons. The summed E-state index contributed by atoms with van der Waals surface area (Å²) in [7, 11) is 2.01. The number of halogens is 1. The van der Waals surface area contributed by atoms with Gasteiger partial charge in [-0.2, -0.15) is 0 Å². The molecule has 3 rings (SSSR count). The second-order valence-electron chi connectivity index (χ2n) is 5.02. The molecule has 0 bridgehead atoms. The monoisotopic (exact) mass is 300 g/mol. The lowest BCUT2D eigenvalue weighted by molar-refractivity contribution is 0.343. The lowest BCUT2D eigenvalue weighted by atomic mass is 9.99. The summed E-state index contributed by atoms with van der Waals surface area (Å²) in [4.78, 5) is 4.49. The number of aromatic nitrogens is 2. The zero-order valence-electron chi connectivity index (χ0n) is 12.1. The Labute approximate surface area is 129 Å². The summed E-state index contributed by atoms with van der Waals surface area (Å²) in [6.07, 6.45) is 1.85. The van der Waals surface area contributed by atoms with E-state index in [9.17, 15) is 0 Å². The maximum atomic E-state index is 5.62. The number of aryl methyl sites for hydroxylation is 2. The average molecular weight is 301 g/mol. The molecule has 0 aliphatic carbocycles. The maximum Gasteiger partial charge on any atom is 0.119 e. The lowest BCUT2D eigenvalue weighted by Crippen LogP contribution is -1.97. The van der Waals surface area contributed by atoms with Crippen molar-refractivity contribution in [2.45, 2.75) is 6.92 Å². The Bertz CT molecular complexity index is 762. The lowest BCUT2D eigenvalue weighted by Gasteiger charge is -2.09. The first-order valence-corrected chi connectivity index (χ1v) is 7.44. The molecular formula is C17H17ClN2O. The number of ether oxygens (including phenoxy) is 1. The van der Waals surface area contributed by atoms with E-state index >= 15 is 0 Å². The van der Waals surface area contributed by atoms with Crippen LogP contribution in [0.3, 0.4) is 0 Å². The van der Waals surface area contributed by atoms with Crippen LogP contribution >= 0.6 is 11.6 Å². The number of imidazole rings is 1. The van der Waals surface area contributed by atoms with Crippen molar-refractivity contribution in [1.29, 1.82) is 0 Å². The zero-order valence-corrected chi connectivity index (χ0v) is 12.9. The van der Waals surface area contributed by atoms with Gasteiger partial charge in [0.15, 0.2) is 0 Å². The first kappa shape index (κ1) is 14.0. The molecule has 0 saturated heterocycles. The van der Waals surface area contributed by atoms with Crippen LogP contribution in [0.4, 0.5) is 0 Å². The highest BCUT2D eigenvalue weighted by Gasteiger charge is 2.09. The molecule has 3 aromatic rings. The van der Waals surface area contributed by atoms with Crippen molar-refractivity contribution in [3.05, 3.63) is 48.3 Å². The van der Waals surface area contributed by atoms with Gasteiger partial charge in [-0.15, -0.1) is 11.6 Å². The molecule has 1 aromatic heterocycles. The van der Waals surface area contributed by atoms with E-state index < -0.39 is 0 Å². The molecule has 0 radical (unpaired) electrons. The summed E-state index contributed by atoms with van der Waals surface area (Å²) in [5.74, 6) is 1.34. The quantitative estimate of drug-likeness (QED) is 0.676. The van der Waals surface area contributed by atoms with Gasteiger partial charge in [0, 0.05) is 7.05 Å². The van der Waals surface area contributed by atoms with Gasteiger partial charge in [0.05, 0.1) is 23.2 Å². The summed E-state index contributed by atoms with van der Waals surface area (Å²) >= 11 is 5.62. The fourth-order valence-corrected chi connectivity index (χ4v) is 2.62. The third-order valence-electron chi connectivity index (χ3n) is 3.66. The van der Waals surface area contributed by atoms with Gasteiger partial charge in [-0.3, -0.25) is 0 Å². The Morgan fingerprint density at radius 1 is 1.14 bits per heavy atom. The average Bonchev–Trinajstić information content (AvgIpc) is 2.89. The molecule has 1 heterocycles. The molecule has 3 nitrogen and oxygen atoms in total. The van der Waals surface area contributed by atoms with E-state index in [1.807, 2.05) is 30.1 Å². The molecule has 4 heteroatoms. The molecule has 0 aliphatic rings. The molecule has 0 N–H and O–H groups in total. The topological polar surface area (TPSA) is 27.1 Å². The van der Waals surface area contributed by atoms with E-state index in [0.717, 1.165) is 16.8 Å². The Morgan fingerprint density at radius 2 is 1.90 bits per heavy atom. The SMILES string of the molecule is Cc1c(-c2ccc(OCCCl)cc2)ccc2c1ncn2C. The van der Waals surface area contributed by atoms with E-state index in [1.54, 1.807) is 0 Å². The van der Waals surface area contributed by atoms with Crippen LogP contribution in [-0.4, -0.2) is 22.0 Å². The molecule has 21 heavy (non-hydrogen) atoms. The van der Waals surface area contributed by atoms with E-state index in [-0.39, 0.29) is 0 Å². The van der Waals surface area contributed by atoms with E-state index in [0.29, 0.717) is 12.5 Å². The van der Waals surface area contributed by atoms with E-state index in [1.165, 1.54) is 16.7 Å². The minimum atomic E-state index is 0.497. The van der Waals surface area contributed by atoms with Gasteiger partial charge >= 0.3 is 0 Å². The van der Waals surface area contributed by atoms with Crippen molar-refractivity contribution >= 4 is 22.6 Å². The van der Waals surface area contributed by atoms with E-state index in [4.69, 9.17) is 16.3 Å². The zero-order chi connectivity index (χ0) is 14.8. The molecule has 0 saturated carbocycles. The molecule has 0 aliphatic heterocycles. The van der Waals surface area contributed by atoms with Crippen molar-refractivity contribution in [1.82, 2.24) is 9.55 Å². The predicted molar refractivity (Wildman–Crippen MR) is 87.1 cm³/mol. The van der Waals surface area contributed by atoms with E-state index in [2.05, 4.69) is 36.2 Å². The van der Waals surface area contributed by atoms with Crippen molar-refractivity contribution in [3.63, 3.8) is 0 Å². The Balaban J connectivity index is 1.98. The molecule has 0 amide bonds. The number of benzene rings is 2. The Hall–Kier alpha value is -2.00.